The van der Waals surface area contributed by atoms with Crippen LogP contribution in [0.4, 0.5) is 14.5 Å². The van der Waals surface area contributed by atoms with Crippen molar-refractivity contribution < 1.29 is 8.78 Å². The third kappa shape index (κ3) is 5.13. The van der Waals surface area contributed by atoms with Crippen molar-refractivity contribution in [2.75, 3.05) is 12.0 Å². The highest BCUT2D eigenvalue weighted by molar-refractivity contribution is 6.11. The molecule has 27 heavy (non-hydrogen) atoms. The molecule has 1 aromatic carbocycles. The van der Waals surface area contributed by atoms with Gasteiger partial charge in [0.2, 0.25) is 0 Å². The number of aliphatic imine (C=N–C) groups is 1. The van der Waals surface area contributed by atoms with Crippen molar-refractivity contribution in [2.45, 2.75) is 32.6 Å². The Balaban J connectivity index is 2.48. The maximum atomic E-state index is 13.6. The number of aromatic nitrogens is 2. The molecule has 0 bridgehead atoms. The fourth-order valence-corrected chi connectivity index (χ4v) is 2.77. The molecule has 0 aliphatic heterocycles. The summed E-state index contributed by atoms with van der Waals surface area (Å²) >= 11 is 0. The second-order valence-corrected chi connectivity index (χ2v) is 6.37. The molecule has 0 spiro atoms. The lowest BCUT2D eigenvalue weighted by molar-refractivity contribution is 0.430. The van der Waals surface area contributed by atoms with E-state index in [4.69, 9.17) is 11.5 Å². The molecule has 5 N–H and O–H groups in total. The summed E-state index contributed by atoms with van der Waals surface area (Å²) in [6, 6.07) is 5.55. The number of hydrogen-bond donors (Lipinski definition) is 3. The number of hydrogen-bond acceptors (Lipinski definition) is 4. The highest BCUT2D eigenvalue weighted by Crippen LogP contribution is 2.24. The third-order valence-corrected chi connectivity index (χ3v) is 3.85. The number of benzene rings is 1. The van der Waals surface area contributed by atoms with E-state index < -0.39 is 19.0 Å². The number of nitrogens with two attached hydrogens (primary N) is 2. The summed E-state index contributed by atoms with van der Waals surface area (Å²) in [5.41, 5.74) is 14.4. The number of nitrogens with zero attached hydrogens (tertiary/aromatic N) is 3. The molecule has 1 aromatic heterocycles. The van der Waals surface area contributed by atoms with Crippen LogP contribution in [0.2, 0.25) is 0 Å². The average molecular weight is 376 g/mol. The Labute approximate surface area is 157 Å². The predicted molar refractivity (Wildman–Crippen MR) is 107 cm³/mol. The number of nitrogens with one attached hydrogen (secondary N) is 1. The van der Waals surface area contributed by atoms with Crippen molar-refractivity contribution in [1.29, 1.82) is 0 Å². The SMILES string of the molecule is C=C(N)C(=C/C(C)F)/C(=N\C(C)N)Nc1ccc2c(c1)c(CCF)nn2C. The van der Waals surface area contributed by atoms with E-state index in [1.165, 1.54) is 13.0 Å². The summed E-state index contributed by atoms with van der Waals surface area (Å²) in [7, 11) is 1.81. The Kier molecular flexibility index (Phi) is 6.68. The molecule has 2 unspecified atom stereocenters. The lowest BCUT2D eigenvalue weighted by atomic mass is 10.1. The largest absolute Gasteiger partial charge is 0.399 e. The van der Waals surface area contributed by atoms with Gasteiger partial charge in [-0.1, -0.05) is 6.58 Å². The van der Waals surface area contributed by atoms with Gasteiger partial charge in [-0.2, -0.15) is 5.10 Å². The van der Waals surface area contributed by atoms with Gasteiger partial charge in [-0.3, -0.25) is 9.07 Å². The topological polar surface area (TPSA) is 94.2 Å². The summed E-state index contributed by atoms with van der Waals surface area (Å²) in [5, 5.41) is 8.32. The van der Waals surface area contributed by atoms with E-state index in [1.54, 1.807) is 11.6 Å². The van der Waals surface area contributed by atoms with Gasteiger partial charge in [-0.05, 0) is 38.1 Å². The molecule has 8 heteroatoms. The first kappa shape index (κ1) is 20.6. The van der Waals surface area contributed by atoms with Gasteiger partial charge in [0.05, 0.1) is 24.1 Å². The first-order valence-electron chi connectivity index (χ1n) is 8.66. The Hall–Kier alpha value is -2.74. The first-order valence-corrected chi connectivity index (χ1v) is 8.66. The quantitative estimate of drug-likeness (QED) is 0.393. The Bertz CT molecular complexity index is 880. The van der Waals surface area contributed by atoms with Crippen LogP contribution in [0, 0.1) is 0 Å². The third-order valence-electron chi connectivity index (χ3n) is 3.85. The van der Waals surface area contributed by atoms with Gasteiger partial charge < -0.3 is 16.8 Å². The van der Waals surface area contributed by atoms with Crippen LogP contribution in [0.3, 0.4) is 0 Å². The van der Waals surface area contributed by atoms with Crippen LogP contribution in [0.25, 0.3) is 10.9 Å². The van der Waals surface area contributed by atoms with E-state index in [0.29, 0.717) is 22.8 Å². The molecule has 2 aromatic rings. The minimum absolute atomic E-state index is 0.173. The number of fused-ring (bicyclic) bond motifs is 1. The Morgan fingerprint density at radius 1 is 1.44 bits per heavy atom. The average Bonchev–Trinajstić information content (AvgIpc) is 2.87. The molecule has 0 aliphatic rings. The van der Waals surface area contributed by atoms with Gasteiger partial charge in [-0.25, -0.2) is 9.38 Å². The first-order chi connectivity index (χ1) is 12.7. The molecular formula is C19H26F2N6. The zero-order chi connectivity index (χ0) is 20.1. The minimum atomic E-state index is -1.24. The van der Waals surface area contributed by atoms with Crippen molar-refractivity contribution in [3.8, 4) is 0 Å². The zero-order valence-corrected chi connectivity index (χ0v) is 15.8. The highest BCUT2D eigenvalue weighted by atomic mass is 19.1. The van der Waals surface area contributed by atoms with Gasteiger partial charge in [0.25, 0.3) is 0 Å². The van der Waals surface area contributed by atoms with Crippen molar-refractivity contribution in [3.05, 3.63) is 47.8 Å². The number of halogens is 2. The lowest BCUT2D eigenvalue weighted by Gasteiger charge is -2.16. The molecule has 6 nitrogen and oxygen atoms in total. The van der Waals surface area contributed by atoms with E-state index in [-0.39, 0.29) is 12.1 Å². The number of anilines is 1. The van der Waals surface area contributed by atoms with E-state index in [2.05, 4.69) is 22.0 Å². The standard InChI is InChI=1S/C19H26F2N6/c1-11(21)9-15(12(2)22)19(24-13(3)23)25-14-5-6-18-16(10-14)17(7-8-20)26-27(18)4/h5-6,9-11,13H,2,7-8,22-23H2,1,3-4H3,(H,24,25)/b15-9-. The minimum Gasteiger partial charge on any atom is -0.399 e. The number of allylic oxidation sites excluding steroid dienone is 1. The summed E-state index contributed by atoms with van der Waals surface area (Å²) in [4.78, 5) is 4.32. The van der Waals surface area contributed by atoms with Crippen LogP contribution in [-0.2, 0) is 13.5 Å². The van der Waals surface area contributed by atoms with Crippen LogP contribution in [0.5, 0.6) is 0 Å². The van der Waals surface area contributed by atoms with Crippen LogP contribution in [0.1, 0.15) is 19.5 Å². The van der Waals surface area contributed by atoms with Crippen molar-refractivity contribution >= 4 is 22.4 Å². The molecule has 1 heterocycles. The molecule has 0 saturated carbocycles. The fraction of sp³-hybridized carbons (Fsp3) is 0.368. The van der Waals surface area contributed by atoms with E-state index in [1.807, 2.05) is 25.2 Å². The van der Waals surface area contributed by atoms with Crippen molar-refractivity contribution in [3.63, 3.8) is 0 Å². The smallest absolute Gasteiger partial charge is 0.136 e. The van der Waals surface area contributed by atoms with Crippen LogP contribution in [-0.4, -0.2) is 34.6 Å². The van der Waals surface area contributed by atoms with Crippen LogP contribution in [0.15, 0.2) is 47.1 Å². The number of rotatable bonds is 7. The molecule has 146 valence electrons. The summed E-state index contributed by atoms with van der Waals surface area (Å²) in [6.45, 7) is 6.29. The maximum absolute atomic E-state index is 13.6. The molecule has 0 radical (unpaired) electrons. The fourth-order valence-electron chi connectivity index (χ4n) is 2.77. The van der Waals surface area contributed by atoms with Gasteiger partial charge >= 0.3 is 0 Å². The second kappa shape index (κ2) is 8.77. The summed E-state index contributed by atoms with van der Waals surface area (Å²) < 4.78 is 28.1. The number of alkyl halides is 2. The van der Waals surface area contributed by atoms with Crippen LogP contribution < -0.4 is 16.8 Å². The van der Waals surface area contributed by atoms with Gasteiger partial charge in [0.15, 0.2) is 0 Å². The van der Waals surface area contributed by atoms with E-state index >= 15 is 0 Å². The highest BCUT2D eigenvalue weighted by Gasteiger charge is 2.14. The van der Waals surface area contributed by atoms with Crippen molar-refractivity contribution in [1.82, 2.24) is 9.78 Å². The maximum Gasteiger partial charge on any atom is 0.136 e. The summed E-state index contributed by atoms with van der Waals surface area (Å²) in [6.07, 6.45) is -0.217. The zero-order valence-electron chi connectivity index (χ0n) is 15.8. The van der Waals surface area contributed by atoms with Gasteiger partial charge in [0.1, 0.15) is 12.0 Å². The second-order valence-electron chi connectivity index (χ2n) is 6.37. The molecule has 0 saturated heterocycles. The molecule has 2 atom stereocenters. The molecule has 0 aliphatic carbocycles. The normalized spacial score (nSPS) is 15.0. The lowest BCUT2D eigenvalue weighted by Crippen LogP contribution is -2.24. The van der Waals surface area contributed by atoms with E-state index in [0.717, 1.165) is 10.9 Å². The van der Waals surface area contributed by atoms with Gasteiger partial charge in [0, 0.05) is 35.8 Å². The van der Waals surface area contributed by atoms with Crippen molar-refractivity contribution in [2.24, 2.45) is 23.5 Å². The Morgan fingerprint density at radius 2 is 2.15 bits per heavy atom. The van der Waals surface area contributed by atoms with Gasteiger partial charge in [-0.15, -0.1) is 0 Å². The number of amidine groups is 1. The molecular weight excluding hydrogens is 350 g/mol. The Morgan fingerprint density at radius 3 is 2.70 bits per heavy atom. The summed E-state index contributed by atoms with van der Waals surface area (Å²) in [5.74, 6) is 0.317. The molecule has 2 rings (SSSR count). The monoisotopic (exact) mass is 376 g/mol. The molecule has 0 amide bonds. The van der Waals surface area contributed by atoms with Crippen LogP contribution >= 0.6 is 0 Å². The predicted octanol–water partition coefficient (Wildman–Crippen LogP) is 2.96. The number of aryl methyl sites for hydroxylation is 2. The molecule has 0 fully saturated rings. The van der Waals surface area contributed by atoms with E-state index in [9.17, 15) is 8.78 Å².